The van der Waals surface area contributed by atoms with E-state index in [-0.39, 0.29) is 56.1 Å². The Labute approximate surface area is 246 Å². The number of hydrogen-bond acceptors (Lipinski definition) is 6. The summed E-state index contributed by atoms with van der Waals surface area (Å²) >= 11 is 0. The number of carbonyl (C=O) groups excluding carboxylic acids is 3. The van der Waals surface area contributed by atoms with Crippen molar-refractivity contribution in [2.24, 2.45) is 5.92 Å². The molecule has 7 rings (SSSR count). The summed E-state index contributed by atoms with van der Waals surface area (Å²) in [7, 11) is 0. The number of halogens is 4. The molecule has 3 N–H and O–H groups in total. The summed E-state index contributed by atoms with van der Waals surface area (Å²) in [5, 5.41) is 15.5. The Morgan fingerprint density at radius 2 is 1.82 bits per heavy atom. The van der Waals surface area contributed by atoms with E-state index in [0.717, 1.165) is 0 Å². The largest absolute Gasteiger partial charge is 0.414 e. The number of nitrogens with one attached hydrogen (secondary N) is 2. The number of benzene rings is 1. The average Bonchev–Trinajstić information content (AvgIpc) is 3.60. The molecule has 1 saturated heterocycles. The number of aromatic nitrogens is 3. The lowest BCUT2D eigenvalue weighted by Crippen LogP contribution is -2.52. The Bertz CT molecular complexity index is 1890. The molecular weight excluding hydrogens is 584 g/mol. The molecule has 3 aromatic heterocycles. The van der Waals surface area contributed by atoms with E-state index in [1.807, 2.05) is 0 Å². The maximum absolute atomic E-state index is 15.6. The number of aliphatic hydroxyl groups excluding tert-OH is 1. The van der Waals surface area contributed by atoms with Crippen LogP contribution >= 0.6 is 0 Å². The third-order valence-corrected chi connectivity index (χ3v) is 8.80. The lowest BCUT2D eigenvalue weighted by atomic mass is 9.90. The van der Waals surface area contributed by atoms with Crippen molar-refractivity contribution in [2.75, 3.05) is 13.1 Å². The molecule has 0 radical (unpaired) electrons. The van der Waals surface area contributed by atoms with Crippen molar-refractivity contribution in [1.29, 1.82) is 0 Å². The van der Waals surface area contributed by atoms with Gasteiger partial charge in [0, 0.05) is 43.8 Å². The first-order valence-corrected chi connectivity index (χ1v) is 14.1. The number of carbonyl (C=O) groups is 3. The zero-order valence-corrected chi connectivity index (χ0v) is 23.1. The average molecular weight is 611 g/mol. The van der Waals surface area contributed by atoms with E-state index in [4.69, 9.17) is 0 Å². The molecule has 0 spiro atoms. The van der Waals surface area contributed by atoms with Crippen molar-refractivity contribution in [3.8, 4) is 0 Å². The van der Waals surface area contributed by atoms with Crippen molar-refractivity contribution in [3.63, 3.8) is 0 Å². The van der Waals surface area contributed by atoms with E-state index in [0.29, 0.717) is 33.4 Å². The Balaban J connectivity index is 1.22. The Hall–Kier alpha value is -4.56. The molecule has 1 fully saturated rings. The zero-order valence-electron chi connectivity index (χ0n) is 23.1. The Morgan fingerprint density at radius 3 is 2.57 bits per heavy atom. The minimum atomic E-state index is -4.72. The predicted molar refractivity (Wildman–Crippen MR) is 149 cm³/mol. The van der Waals surface area contributed by atoms with E-state index < -0.39 is 42.0 Å². The zero-order chi connectivity index (χ0) is 30.9. The van der Waals surface area contributed by atoms with Gasteiger partial charge >= 0.3 is 6.18 Å². The molecule has 3 aliphatic rings. The number of rotatable bonds is 4. The van der Waals surface area contributed by atoms with Crippen molar-refractivity contribution >= 4 is 45.4 Å². The maximum atomic E-state index is 15.6. The number of imidazole rings is 1. The normalized spacial score (nSPS) is 20.5. The summed E-state index contributed by atoms with van der Waals surface area (Å²) in [5.74, 6) is -3.25. The summed E-state index contributed by atoms with van der Waals surface area (Å²) in [4.78, 5) is 45.5. The molecule has 4 aromatic rings. The molecule has 228 valence electrons. The number of fused-ring (bicyclic) bond motifs is 1. The fourth-order valence-electron chi connectivity index (χ4n) is 6.60. The van der Waals surface area contributed by atoms with Gasteiger partial charge < -0.3 is 19.9 Å². The van der Waals surface area contributed by atoms with Crippen LogP contribution in [0.15, 0.2) is 48.8 Å². The van der Waals surface area contributed by atoms with Crippen molar-refractivity contribution < 1.29 is 37.1 Å². The molecule has 0 aliphatic carbocycles. The summed E-state index contributed by atoms with van der Waals surface area (Å²) in [5.41, 5.74) is 2.64. The standard InChI is InChI=1S/C30H26F4N6O4/c31-21-11-18-17(23-24(28(43)37-27(23)42)20-13-36-22-3-1-2-8-39(20)22)5-4-16-12-35-19(14-40(21)25(16)18)29(44)38-9-6-15(7-10-38)26(41)30(32,33)34/h1-5,8,11,13,15,19,26,35,41H,6-7,9-10,12,14H2,(H,37,42,43). The molecular formula is C30H26F4N6O4. The number of pyridine rings is 1. The monoisotopic (exact) mass is 610 g/mol. The van der Waals surface area contributed by atoms with Crippen LogP contribution in [-0.2, 0) is 27.5 Å². The second-order valence-electron chi connectivity index (χ2n) is 11.3. The minimum Gasteiger partial charge on any atom is -0.383 e. The summed E-state index contributed by atoms with van der Waals surface area (Å²) < 4.78 is 57.6. The number of piperidine rings is 1. The SMILES string of the molecule is O=C1NC(=O)C(c2cnc3ccccn23)=C1c1ccc2c3c1cc(F)n3CC(C(=O)N1CCC(C(O)C(F)(F)F)CC1)NC2. The van der Waals surface area contributed by atoms with E-state index in [2.05, 4.69) is 15.6 Å². The third kappa shape index (κ3) is 4.47. The molecule has 44 heavy (non-hydrogen) atoms. The molecule has 0 saturated carbocycles. The molecule has 0 bridgehead atoms. The molecule has 2 atom stereocenters. The quantitative estimate of drug-likeness (QED) is 0.242. The first kappa shape index (κ1) is 28.2. The number of aliphatic hydroxyl groups is 1. The van der Waals surface area contributed by atoms with E-state index in [9.17, 15) is 32.7 Å². The molecule has 6 heterocycles. The van der Waals surface area contributed by atoms with Gasteiger partial charge in [-0.2, -0.15) is 17.6 Å². The van der Waals surface area contributed by atoms with Gasteiger partial charge in [0.25, 0.3) is 11.8 Å². The lowest BCUT2D eigenvalue weighted by molar-refractivity contribution is -0.223. The third-order valence-electron chi connectivity index (χ3n) is 8.80. The smallest absolute Gasteiger partial charge is 0.383 e. The molecule has 1 aromatic carbocycles. The van der Waals surface area contributed by atoms with Gasteiger partial charge in [0.2, 0.25) is 5.91 Å². The number of likely N-dealkylation sites (tertiary alicyclic amines) is 1. The highest BCUT2D eigenvalue weighted by atomic mass is 19.4. The second kappa shape index (κ2) is 10.3. The summed E-state index contributed by atoms with van der Waals surface area (Å²) in [6, 6.07) is 9.09. The molecule has 2 unspecified atom stereocenters. The van der Waals surface area contributed by atoms with Crippen molar-refractivity contribution in [2.45, 2.75) is 44.3 Å². The molecule has 14 heteroatoms. The van der Waals surface area contributed by atoms with Gasteiger partial charge in [-0.05, 0) is 42.0 Å². The second-order valence-corrected chi connectivity index (χ2v) is 11.3. The van der Waals surface area contributed by atoms with Crippen LogP contribution in [0.3, 0.4) is 0 Å². The van der Waals surface area contributed by atoms with Crippen LogP contribution in [0.5, 0.6) is 0 Å². The highest BCUT2D eigenvalue weighted by Crippen LogP contribution is 2.38. The van der Waals surface area contributed by atoms with E-state index >= 15 is 4.39 Å². The fourth-order valence-corrected chi connectivity index (χ4v) is 6.60. The number of hydrogen-bond donors (Lipinski definition) is 3. The minimum absolute atomic E-state index is 0.00441. The number of imide groups is 1. The van der Waals surface area contributed by atoms with Crippen LogP contribution in [0.2, 0.25) is 0 Å². The van der Waals surface area contributed by atoms with Gasteiger partial charge in [0.05, 0.1) is 28.6 Å². The van der Waals surface area contributed by atoms with Gasteiger partial charge in [-0.25, -0.2) is 4.98 Å². The highest BCUT2D eigenvalue weighted by Gasteiger charge is 2.45. The van der Waals surface area contributed by atoms with Crippen molar-refractivity contribution in [3.05, 3.63) is 71.6 Å². The van der Waals surface area contributed by atoms with Crippen molar-refractivity contribution in [1.82, 2.24) is 29.5 Å². The van der Waals surface area contributed by atoms with Crippen LogP contribution in [0, 0.1) is 11.9 Å². The molecule has 3 aliphatic heterocycles. The van der Waals surface area contributed by atoms with Gasteiger partial charge in [-0.3, -0.25) is 24.1 Å². The van der Waals surface area contributed by atoms with Crippen LogP contribution in [-0.4, -0.2) is 73.1 Å². The molecule has 10 nitrogen and oxygen atoms in total. The summed E-state index contributed by atoms with van der Waals surface area (Å²) in [6.07, 6.45) is -3.95. The Kier molecular flexibility index (Phi) is 6.59. The summed E-state index contributed by atoms with van der Waals surface area (Å²) in [6.45, 7) is 0.169. The van der Waals surface area contributed by atoms with Crippen LogP contribution in [0.1, 0.15) is 29.7 Å². The van der Waals surface area contributed by atoms with Gasteiger partial charge in [-0.15, -0.1) is 0 Å². The first-order valence-electron chi connectivity index (χ1n) is 14.1. The van der Waals surface area contributed by atoms with E-state index in [1.54, 1.807) is 40.9 Å². The number of nitrogens with zero attached hydrogens (tertiary/aromatic N) is 4. The number of amides is 3. The Morgan fingerprint density at radius 1 is 1.07 bits per heavy atom. The van der Waals surface area contributed by atoms with Gasteiger partial charge in [-0.1, -0.05) is 18.2 Å². The van der Waals surface area contributed by atoms with E-state index in [1.165, 1.54) is 21.7 Å². The van der Waals surface area contributed by atoms with Gasteiger partial charge in [0.1, 0.15) is 11.7 Å². The highest BCUT2D eigenvalue weighted by molar-refractivity contribution is 6.49. The number of alkyl halides is 3. The predicted octanol–water partition coefficient (Wildman–Crippen LogP) is 2.63. The first-order chi connectivity index (χ1) is 21.0. The fraction of sp³-hybridized carbons (Fsp3) is 0.333. The van der Waals surface area contributed by atoms with Gasteiger partial charge in [0.15, 0.2) is 12.1 Å². The molecule has 3 amide bonds. The van der Waals surface area contributed by atoms with Crippen LogP contribution in [0.25, 0.3) is 27.7 Å². The topological polar surface area (TPSA) is 121 Å². The van der Waals surface area contributed by atoms with Crippen LogP contribution in [0.4, 0.5) is 17.6 Å². The lowest BCUT2D eigenvalue weighted by Gasteiger charge is -2.36. The van der Waals surface area contributed by atoms with Crippen LogP contribution < -0.4 is 10.6 Å². The maximum Gasteiger partial charge on any atom is 0.414 e.